The third kappa shape index (κ3) is 2.45. The predicted molar refractivity (Wildman–Crippen MR) is 51.2 cm³/mol. The van der Waals surface area contributed by atoms with Gasteiger partial charge in [0.25, 0.3) is 0 Å². The van der Waals surface area contributed by atoms with Crippen molar-refractivity contribution in [3.63, 3.8) is 0 Å². The maximum atomic E-state index is 5.78. The van der Waals surface area contributed by atoms with Gasteiger partial charge in [0.15, 0.2) is 0 Å². The second-order valence-electron chi connectivity index (χ2n) is 3.54. The first kappa shape index (κ1) is 9.01. The van der Waals surface area contributed by atoms with Crippen LogP contribution in [0.15, 0.2) is 10.8 Å². The van der Waals surface area contributed by atoms with E-state index in [2.05, 4.69) is 20.8 Å². The minimum atomic E-state index is -0.899. The Bertz CT molecular complexity index is 153. The van der Waals surface area contributed by atoms with Crippen molar-refractivity contribution in [1.29, 1.82) is 0 Å². The standard InChI is InChI=1S/C9H18OSi/c1-8(2)9(3)11-7-5-4-6-10-11/h11H,4-7H2,1-3H3. The molecule has 0 aliphatic carbocycles. The number of allylic oxidation sites excluding steroid dienone is 2. The maximum Gasteiger partial charge on any atom is 0.203 e. The molecule has 1 rings (SSSR count). The summed E-state index contributed by atoms with van der Waals surface area (Å²) in [5, 5.41) is 1.57. The van der Waals surface area contributed by atoms with Crippen LogP contribution in [0.3, 0.4) is 0 Å². The highest BCUT2D eigenvalue weighted by molar-refractivity contribution is 6.60. The van der Waals surface area contributed by atoms with Gasteiger partial charge in [0, 0.05) is 6.61 Å². The zero-order valence-electron chi connectivity index (χ0n) is 7.81. The van der Waals surface area contributed by atoms with Gasteiger partial charge in [0.2, 0.25) is 9.04 Å². The Labute approximate surface area is 71.2 Å². The average Bonchev–Trinajstić information content (AvgIpc) is 2.05. The zero-order chi connectivity index (χ0) is 8.27. The third-order valence-electron chi connectivity index (χ3n) is 2.45. The molecule has 0 amide bonds. The van der Waals surface area contributed by atoms with Gasteiger partial charge in [0.05, 0.1) is 0 Å². The quantitative estimate of drug-likeness (QED) is 0.549. The molecule has 1 fully saturated rings. The van der Waals surface area contributed by atoms with E-state index in [0.717, 1.165) is 6.61 Å². The monoisotopic (exact) mass is 170 g/mol. The lowest BCUT2D eigenvalue weighted by atomic mass is 10.3. The van der Waals surface area contributed by atoms with Crippen molar-refractivity contribution in [3.05, 3.63) is 10.8 Å². The molecule has 0 saturated carbocycles. The largest absolute Gasteiger partial charge is 0.416 e. The summed E-state index contributed by atoms with van der Waals surface area (Å²) in [6.07, 6.45) is 2.67. The van der Waals surface area contributed by atoms with Crippen LogP contribution >= 0.6 is 0 Å². The fourth-order valence-corrected chi connectivity index (χ4v) is 4.01. The fourth-order valence-electron chi connectivity index (χ4n) is 1.40. The summed E-state index contributed by atoms with van der Waals surface area (Å²) in [4.78, 5) is 0. The molecule has 0 spiro atoms. The first-order valence-corrected chi connectivity index (χ1v) is 6.34. The van der Waals surface area contributed by atoms with Gasteiger partial charge >= 0.3 is 0 Å². The van der Waals surface area contributed by atoms with Crippen LogP contribution < -0.4 is 0 Å². The van der Waals surface area contributed by atoms with Crippen LogP contribution in [0.4, 0.5) is 0 Å². The van der Waals surface area contributed by atoms with E-state index in [4.69, 9.17) is 4.43 Å². The van der Waals surface area contributed by atoms with Crippen molar-refractivity contribution in [1.82, 2.24) is 0 Å². The molecule has 11 heavy (non-hydrogen) atoms. The first-order valence-electron chi connectivity index (χ1n) is 4.47. The average molecular weight is 170 g/mol. The molecular weight excluding hydrogens is 152 g/mol. The van der Waals surface area contributed by atoms with E-state index >= 15 is 0 Å². The van der Waals surface area contributed by atoms with Gasteiger partial charge in [-0.2, -0.15) is 0 Å². The van der Waals surface area contributed by atoms with Gasteiger partial charge in [-0.1, -0.05) is 17.2 Å². The van der Waals surface area contributed by atoms with Crippen molar-refractivity contribution < 1.29 is 4.43 Å². The lowest BCUT2D eigenvalue weighted by Gasteiger charge is -2.22. The Morgan fingerprint density at radius 1 is 1.18 bits per heavy atom. The highest BCUT2D eigenvalue weighted by atomic mass is 28.3. The van der Waals surface area contributed by atoms with Crippen LogP contribution in [-0.2, 0) is 4.43 Å². The van der Waals surface area contributed by atoms with Crippen molar-refractivity contribution in [2.75, 3.05) is 6.61 Å². The molecule has 1 aliphatic rings. The molecule has 0 N–H and O–H groups in total. The lowest BCUT2D eigenvalue weighted by molar-refractivity contribution is 0.291. The van der Waals surface area contributed by atoms with Crippen LogP contribution in [-0.4, -0.2) is 15.6 Å². The van der Waals surface area contributed by atoms with Gasteiger partial charge in [-0.05, 0) is 33.2 Å². The molecule has 1 saturated heterocycles. The second-order valence-corrected chi connectivity index (χ2v) is 6.29. The van der Waals surface area contributed by atoms with E-state index in [1.54, 1.807) is 5.20 Å². The summed E-state index contributed by atoms with van der Waals surface area (Å²) >= 11 is 0. The molecule has 64 valence electrons. The summed E-state index contributed by atoms with van der Waals surface area (Å²) in [5.41, 5.74) is 1.48. The Morgan fingerprint density at radius 2 is 1.91 bits per heavy atom. The summed E-state index contributed by atoms with van der Waals surface area (Å²) < 4.78 is 5.78. The third-order valence-corrected chi connectivity index (χ3v) is 5.57. The number of rotatable bonds is 1. The van der Waals surface area contributed by atoms with Crippen molar-refractivity contribution >= 4 is 9.04 Å². The molecule has 0 bridgehead atoms. The molecule has 1 heterocycles. The molecule has 0 radical (unpaired) electrons. The van der Waals surface area contributed by atoms with Gasteiger partial charge in [0.1, 0.15) is 0 Å². The second kappa shape index (κ2) is 4.07. The van der Waals surface area contributed by atoms with Crippen LogP contribution in [0.5, 0.6) is 0 Å². The van der Waals surface area contributed by atoms with E-state index in [1.807, 2.05) is 0 Å². The number of hydrogen-bond acceptors (Lipinski definition) is 1. The van der Waals surface area contributed by atoms with Crippen LogP contribution in [0.25, 0.3) is 0 Å². The Hall–Kier alpha value is -0.0831. The smallest absolute Gasteiger partial charge is 0.203 e. The van der Waals surface area contributed by atoms with Crippen molar-refractivity contribution in [3.8, 4) is 0 Å². The Kier molecular flexibility index (Phi) is 3.33. The maximum absolute atomic E-state index is 5.78. The summed E-state index contributed by atoms with van der Waals surface area (Å²) in [6, 6.07) is 1.36. The van der Waals surface area contributed by atoms with E-state index in [1.165, 1.54) is 24.5 Å². The molecule has 1 unspecified atom stereocenters. The Morgan fingerprint density at radius 3 is 2.36 bits per heavy atom. The summed E-state index contributed by atoms with van der Waals surface area (Å²) in [7, 11) is -0.899. The van der Waals surface area contributed by atoms with E-state index in [9.17, 15) is 0 Å². The molecule has 0 aromatic rings. The minimum absolute atomic E-state index is 0.899. The van der Waals surface area contributed by atoms with E-state index in [0.29, 0.717) is 0 Å². The van der Waals surface area contributed by atoms with Crippen LogP contribution in [0, 0.1) is 0 Å². The lowest BCUT2D eigenvalue weighted by Crippen LogP contribution is -2.25. The van der Waals surface area contributed by atoms with E-state index in [-0.39, 0.29) is 0 Å². The van der Waals surface area contributed by atoms with Gasteiger partial charge in [-0.15, -0.1) is 0 Å². The first-order chi connectivity index (χ1) is 5.22. The van der Waals surface area contributed by atoms with Crippen molar-refractivity contribution in [2.24, 2.45) is 0 Å². The highest BCUT2D eigenvalue weighted by Crippen LogP contribution is 2.18. The van der Waals surface area contributed by atoms with Gasteiger partial charge < -0.3 is 4.43 Å². The normalized spacial score (nSPS) is 24.8. The minimum Gasteiger partial charge on any atom is -0.416 e. The molecular formula is C9H18OSi. The fraction of sp³-hybridized carbons (Fsp3) is 0.778. The molecule has 2 heteroatoms. The molecule has 0 aromatic heterocycles. The van der Waals surface area contributed by atoms with Crippen LogP contribution in [0.2, 0.25) is 6.04 Å². The SMILES string of the molecule is CC(C)=C(C)[SiH]1CCCCO1. The summed E-state index contributed by atoms with van der Waals surface area (Å²) in [6.45, 7) is 7.65. The zero-order valence-corrected chi connectivity index (χ0v) is 8.97. The van der Waals surface area contributed by atoms with Crippen molar-refractivity contribution in [2.45, 2.75) is 39.7 Å². The molecule has 0 aromatic carbocycles. The topological polar surface area (TPSA) is 9.23 Å². The number of hydrogen-bond donors (Lipinski definition) is 0. The molecule has 1 atom stereocenters. The van der Waals surface area contributed by atoms with Gasteiger partial charge in [-0.25, -0.2) is 0 Å². The molecule has 1 nitrogen and oxygen atoms in total. The Balaban J connectivity index is 2.52. The highest BCUT2D eigenvalue weighted by Gasteiger charge is 2.18. The van der Waals surface area contributed by atoms with E-state index < -0.39 is 9.04 Å². The summed E-state index contributed by atoms with van der Waals surface area (Å²) in [5.74, 6) is 0. The van der Waals surface area contributed by atoms with Gasteiger partial charge in [-0.3, -0.25) is 0 Å². The predicted octanol–water partition coefficient (Wildman–Crippen LogP) is 2.42. The molecule has 1 aliphatic heterocycles. The van der Waals surface area contributed by atoms with Crippen LogP contribution in [0.1, 0.15) is 33.6 Å².